The maximum atomic E-state index is 11.4. The Balaban J connectivity index is 2.23. The van der Waals surface area contributed by atoms with Gasteiger partial charge in [-0.2, -0.15) is 0 Å². The summed E-state index contributed by atoms with van der Waals surface area (Å²) in [6.45, 7) is 4.21. The molecule has 2 heterocycles. The molecular weight excluding hydrogens is 234 g/mol. The molecule has 0 aromatic carbocycles. The van der Waals surface area contributed by atoms with Crippen LogP contribution in [0.1, 0.15) is 23.8 Å². The monoisotopic (exact) mass is 251 g/mol. The van der Waals surface area contributed by atoms with Crippen molar-refractivity contribution in [1.82, 2.24) is 9.97 Å². The summed E-state index contributed by atoms with van der Waals surface area (Å²) in [5.41, 5.74) is 0.233. The number of hydrogen-bond acceptors (Lipinski definition) is 6. The maximum absolute atomic E-state index is 11.4. The normalized spacial score (nSPS) is 19.7. The number of carbonyl (C=O) groups is 1. The molecule has 1 aromatic heterocycles. The van der Waals surface area contributed by atoms with Crippen molar-refractivity contribution in [2.45, 2.75) is 19.4 Å². The zero-order chi connectivity index (χ0) is 13.0. The van der Waals surface area contributed by atoms with Gasteiger partial charge < -0.3 is 14.4 Å². The van der Waals surface area contributed by atoms with Crippen LogP contribution in [0, 0.1) is 0 Å². The fourth-order valence-electron chi connectivity index (χ4n) is 1.99. The van der Waals surface area contributed by atoms with E-state index in [0.29, 0.717) is 19.0 Å². The lowest BCUT2D eigenvalue weighted by molar-refractivity contribution is 0.0593. The third-order valence-corrected chi connectivity index (χ3v) is 3.01. The van der Waals surface area contributed by atoms with Crippen LogP contribution in [0.15, 0.2) is 12.4 Å². The molecule has 0 bridgehead atoms. The quantitative estimate of drug-likeness (QED) is 0.743. The van der Waals surface area contributed by atoms with Gasteiger partial charge in [0.25, 0.3) is 0 Å². The Kier molecular flexibility index (Phi) is 4.09. The van der Waals surface area contributed by atoms with Crippen molar-refractivity contribution in [2.24, 2.45) is 0 Å². The van der Waals surface area contributed by atoms with E-state index in [-0.39, 0.29) is 11.7 Å². The molecule has 1 atom stereocenters. The van der Waals surface area contributed by atoms with Gasteiger partial charge in [0.15, 0.2) is 5.69 Å². The minimum absolute atomic E-state index is 0.233. The van der Waals surface area contributed by atoms with Crippen LogP contribution in [0.3, 0.4) is 0 Å². The summed E-state index contributed by atoms with van der Waals surface area (Å²) in [4.78, 5) is 21.9. The molecule has 6 nitrogen and oxygen atoms in total. The molecule has 0 amide bonds. The number of ether oxygens (including phenoxy) is 2. The lowest BCUT2D eigenvalue weighted by Crippen LogP contribution is -2.45. The van der Waals surface area contributed by atoms with Gasteiger partial charge in [0.2, 0.25) is 0 Å². The van der Waals surface area contributed by atoms with Crippen molar-refractivity contribution in [3.05, 3.63) is 18.1 Å². The van der Waals surface area contributed by atoms with Gasteiger partial charge in [-0.25, -0.2) is 9.78 Å². The summed E-state index contributed by atoms with van der Waals surface area (Å²) in [7, 11) is 1.33. The van der Waals surface area contributed by atoms with Crippen molar-refractivity contribution in [3.63, 3.8) is 0 Å². The van der Waals surface area contributed by atoms with Gasteiger partial charge in [-0.05, 0) is 6.42 Å². The van der Waals surface area contributed by atoms with E-state index in [1.807, 2.05) is 0 Å². The SMILES string of the molecule is CCC1COCCN1c1cncc(C(=O)OC)n1. The molecule has 1 saturated heterocycles. The van der Waals surface area contributed by atoms with Gasteiger partial charge in [-0.15, -0.1) is 0 Å². The number of aromatic nitrogens is 2. The van der Waals surface area contributed by atoms with E-state index in [1.54, 1.807) is 6.20 Å². The highest BCUT2D eigenvalue weighted by Gasteiger charge is 2.23. The number of morpholine rings is 1. The van der Waals surface area contributed by atoms with Crippen molar-refractivity contribution >= 4 is 11.8 Å². The predicted octanol–water partition coefficient (Wildman–Crippen LogP) is 0.878. The highest BCUT2D eigenvalue weighted by atomic mass is 16.5. The van der Waals surface area contributed by atoms with Gasteiger partial charge in [-0.1, -0.05) is 6.92 Å². The van der Waals surface area contributed by atoms with Gasteiger partial charge in [0, 0.05) is 6.54 Å². The first-order valence-electron chi connectivity index (χ1n) is 6.01. The molecular formula is C12H17N3O3. The van der Waals surface area contributed by atoms with E-state index in [9.17, 15) is 4.79 Å². The third kappa shape index (κ3) is 2.59. The van der Waals surface area contributed by atoms with Crippen molar-refractivity contribution in [1.29, 1.82) is 0 Å². The zero-order valence-corrected chi connectivity index (χ0v) is 10.6. The minimum Gasteiger partial charge on any atom is -0.464 e. The molecule has 0 aliphatic carbocycles. The standard InChI is InChI=1S/C12H17N3O3/c1-3-9-8-18-5-4-15(9)11-7-13-6-10(14-11)12(16)17-2/h6-7,9H,3-5,8H2,1-2H3. The van der Waals surface area contributed by atoms with Crippen LogP contribution in [0.5, 0.6) is 0 Å². The Morgan fingerprint density at radius 1 is 1.61 bits per heavy atom. The van der Waals surface area contributed by atoms with Crippen LogP contribution in [-0.4, -0.2) is 48.8 Å². The molecule has 0 spiro atoms. The lowest BCUT2D eigenvalue weighted by Gasteiger charge is -2.35. The number of anilines is 1. The average Bonchev–Trinajstić information content (AvgIpc) is 2.46. The Morgan fingerprint density at radius 3 is 3.17 bits per heavy atom. The zero-order valence-electron chi connectivity index (χ0n) is 10.6. The van der Waals surface area contributed by atoms with Crippen LogP contribution in [0.25, 0.3) is 0 Å². The summed E-state index contributed by atoms with van der Waals surface area (Å²) in [6.07, 6.45) is 4.04. The summed E-state index contributed by atoms with van der Waals surface area (Å²) >= 11 is 0. The summed E-state index contributed by atoms with van der Waals surface area (Å²) in [5.74, 6) is 0.235. The van der Waals surface area contributed by atoms with Crippen molar-refractivity contribution < 1.29 is 14.3 Å². The number of esters is 1. The van der Waals surface area contributed by atoms with Crippen LogP contribution < -0.4 is 4.90 Å². The molecule has 18 heavy (non-hydrogen) atoms. The van der Waals surface area contributed by atoms with Crippen molar-refractivity contribution in [3.8, 4) is 0 Å². The number of nitrogens with zero attached hydrogens (tertiary/aromatic N) is 3. The second kappa shape index (κ2) is 5.77. The van der Waals surface area contributed by atoms with E-state index < -0.39 is 5.97 Å². The smallest absolute Gasteiger partial charge is 0.358 e. The number of carbonyl (C=O) groups excluding carboxylic acids is 1. The van der Waals surface area contributed by atoms with E-state index >= 15 is 0 Å². The number of hydrogen-bond donors (Lipinski definition) is 0. The Hall–Kier alpha value is -1.69. The van der Waals surface area contributed by atoms with Gasteiger partial charge >= 0.3 is 5.97 Å². The van der Waals surface area contributed by atoms with E-state index in [0.717, 1.165) is 13.0 Å². The molecule has 6 heteroatoms. The van der Waals surface area contributed by atoms with Crippen molar-refractivity contribution in [2.75, 3.05) is 31.8 Å². The Labute approximate surface area is 106 Å². The van der Waals surface area contributed by atoms with E-state index in [4.69, 9.17) is 4.74 Å². The van der Waals surface area contributed by atoms with Gasteiger partial charge in [-0.3, -0.25) is 4.98 Å². The summed E-state index contributed by atoms with van der Waals surface area (Å²) < 4.78 is 10.1. The molecule has 98 valence electrons. The van der Waals surface area contributed by atoms with Crippen LogP contribution in [0.2, 0.25) is 0 Å². The predicted molar refractivity (Wildman–Crippen MR) is 65.6 cm³/mol. The summed E-state index contributed by atoms with van der Waals surface area (Å²) in [6, 6.07) is 0.279. The molecule has 1 unspecified atom stereocenters. The van der Waals surface area contributed by atoms with E-state index in [1.165, 1.54) is 13.3 Å². The molecule has 1 aromatic rings. The average molecular weight is 251 g/mol. The Bertz CT molecular complexity index is 425. The molecule has 1 aliphatic rings. The van der Waals surface area contributed by atoms with Crippen LogP contribution >= 0.6 is 0 Å². The van der Waals surface area contributed by atoms with E-state index in [2.05, 4.69) is 26.5 Å². The topological polar surface area (TPSA) is 64.5 Å². The summed E-state index contributed by atoms with van der Waals surface area (Å²) in [5, 5.41) is 0. The fourth-order valence-corrected chi connectivity index (χ4v) is 1.99. The third-order valence-electron chi connectivity index (χ3n) is 3.01. The number of rotatable bonds is 3. The lowest BCUT2D eigenvalue weighted by atomic mass is 10.2. The van der Waals surface area contributed by atoms with Crippen LogP contribution in [0.4, 0.5) is 5.82 Å². The highest BCUT2D eigenvalue weighted by molar-refractivity contribution is 5.87. The molecule has 1 aliphatic heterocycles. The molecule has 0 N–H and O–H groups in total. The van der Waals surface area contributed by atoms with Gasteiger partial charge in [0.1, 0.15) is 5.82 Å². The minimum atomic E-state index is -0.467. The first-order chi connectivity index (χ1) is 8.76. The largest absolute Gasteiger partial charge is 0.464 e. The fraction of sp³-hybridized carbons (Fsp3) is 0.583. The molecule has 2 rings (SSSR count). The van der Waals surface area contributed by atoms with Crippen LogP contribution in [-0.2, 0) is 9.47 Å². The second-order valence-corrected chi connectivity index (χ2v) is 4.08. The Morgan fingerprint density at radius 2 is 2.44 bits per heavy atom. The second-order valence-electron chi connectivity index (χ2n) is 4.08. The molecule has 0 saturated carbocycles. The molecule has 1 fully saturated rings. The van der Waals surface area contributed by atoms with Gasteiger partial charge in [0.05, 0.1) is 38.8 Å². The number of methoxy groups -OCH3 is 1. The molecule has 0 radical (unpaired) electrons. The first kappa shape index (κ1) is 12.8. The first-order valence-corrected chi connectivity index (χ1v) is 6.01. The highest BCUT2D eigenvalue weighted by Crippen LogP contribution is 2.18. The maximum Gasteiger partial charge on any atom is 0.358 e.